The van der Waals surface area contributed by atoms with Crippen molar-refractivity contribution in [3.63, 3.8) is 0 Å². The minimum absolute atomic E-state index is 0.0245. The molecule has 0 saturated carbocycles. The highest BCUT2D eigenvalue weighted by atomic mass is 16.5. The summed E-state index contributed by atoms with van der Waals surface area (Å²) in [6, 6.07) is 5.02. The third kappa shape index (κ3) is 4.42. The van der Waals surface area contributed by atoms with Crippen molar-refractivity contribution in [3.8, 4) is 5.75 Å². The summed E-state index contributed by atoms with van der Waals surface area (Å²) in [5.74, 6) is 0.315. The molecule has 0 unspecified atom stereocenters. The van der Waals surface area contributed by atoms with Gasteiger partial charge < -0.3 is 20.3 Å². The number of hydrogen-bond acceptors (Lipinski definition) is 5. The van der Waals surface area contributed by atoms with Crippen molar-refractivity contribution in [3.05, 3.63) is 30.0 Å². The number of hydrogen-bond donors (Lipinski definition) is 1. The van der Waals surface area contributed by atoms with E-state index < -0.39 is 6.04 Å². The molecule has 7 nitrogen and oxygen atoms in total. The minimum Gasteiger partial charge on any atom is -0.497 e. The van der Waals surface area contributed by atoms with Crippen LogP contribution >= 0.6 is 0 Å². The molecule has 142 valence electrons. The van der Waals surface area contributed by atoms with E-state index in [1.807, 2.05) is 38.5 Å². The van der Waals surface area contributed by atoms with Crippen LogP contribution in [0.5, 0.6) is 5.75 Å². The Balaban J connectivity index is 2.36. The first-order valence-corrected chi connectivity index (χ1v) is 8.61. The second-order valence-electron chi connectivity index (χ2n) is 6.84. The number of carbonyl (C=O) groups excluding carboxylic acids is 2. The Kier molecular flexibility index (Phi) is 6.39. The zero-order valence-corrected chi connectivity index (χ0v) is 16.2. The largest absolute Gasteiger partial charge is 0.497 e. The molecule has 1 aromatic carbocycles. The van der Waals surface area contributed by atoms with Crippen LogP contribution in [0.1, 0.15) is 17.3 Å². The van der Waals surface area contributed by atoms with E-state index in [9.17, 15) is 9.59 Å². The summed E-state index contributed by atoms with van der Waals surface area (Å²) in [5.41, 5.74) is 7.50. The summed E-state index contributed by atoms with van der Waals surface area (Å²) < 4.78 is 6.94. The van der Waals surface area contributed by atoms with Crippen LogP contribution < -0.4 is 10.5 Å². The molecule has 0 aliphatic heterocycles. The highest BCUT2D eigenvalue weighted by Crippen LogP contribution is 2.26. The van der Waals surface area contributed by atoms with Gasteiger partial charge in [-0.2, -0.15) is 0 Å². The van der Waals surface area contributed by atoms with E-state index in [0.717, 1.165) is 35.2 Å². The number of fused-ring (bicyclic) bond motifs is 1. The first-order chi connectivity index (χ1) is 12.2. The van der Waals surface area contributed by atoms with Gasteiger partial charge in [-0.1, -0.05) is 0 Å². The summed E-state index contributed by atoms with van der Waals surface area (Å²) in [6.45, 7) is 2.46. The average Bonchev–Trinajstić information content (AvgIpc) is 2.96. The number of methoxy groups -OCH3 is 1. The van der Waals surface area contributed by atoms with Gasteiger partial charge >= 0.3 is 0 Å². The molecule has 2 rings (SSSR count). The van der Waals surface area contributed by atoms with Crippen molar-refractivity contribution in [1.29, 1.82) is 0 Å². The molecule has 1 atom stereocenters. The van der Waals surface area contributed by atoms with E-state index in [4.69, 9.17) is 10.5 Å². The Bertz CT molecular complexity index is 795. The average molecular weight is 360 g/mol. The Morgan fingerprint density at radius 2 is 1.96 bits per heavy atom. The van der Waals surface area contributed by atoms with Gasteiger partial charge in [0.15, 0.2) is 0 Å². The summed E-state index contributed by atoms with van der Waals surface area (Å²) in [4.78, 5) is 28.2. The smallest absolute Gasteiger partial charge is 0.250 e. The zero-order valence-electron chi connectivity index (χ0n) is 16.2. The molecule has 0 aliphatic rings. The van der Waals surface area contributed by atoms with Crippen LogP contribution in [0, 0.1) is 0 Å². The number of ether oxygens (including phenoxy) is 1. The van der Waals surface area contributed by atoms with Crippen molar-refractivity contribution in [1.82, 2.24) is 14.4 Å². The number of benzene rings is 1. The monoisotopic (exact) mass is 360 g/mol. The summed E-state index contributed by atoms with van der Waals surface area (Å²) in [6.07, 6.45) is 2.67. The fourth-order valence-electron chi connectivity index (χ4n) is 2.86. The molecular formula is C19H28N4O3. The van der Waals surface area contributed by atoms with E-state index >= 15 is 0 Å². The third-order valence-electron chi connectivity index (χ3n) is 4.33. The molecule has 2 aromatic rings. The lowest BCUT2D eigenvalue weighted by Gasteiger charge is -2.18. The van der Waals surface area contributed by atoms with Crippen LogP contribution in [0.3, 0.4) is 0 Å². The molecular weight excluding hydrogens is 332 g/mol. The molecule has 1 amide bonds. The Labute approximate surface area is 154 Å². The maximum Gasteiger partial charge on any atom is 0.250 e. The quantitative estimate of drug-likeness (QED) is 0.802. The zero-order chi connectivity index (χ0) is 19.4. The van der Waals surface area contributed by atoms with Gasteiger partial charge in [0.2, 0.25) is 5.91 Å². The topological polar surface area (TPSA) is 80.8 Å². The van der Waals surface area contributed by atoms with Gasteiger partial charge in [0.1, 0.15) is 12.3 Å². The van der Waals surface area contributed by atoms with E-state index in [0.29, 0.717) is 0 Å². The molecule has 0 aliphatic carbocycles. The fourth-order valence-corrected chi connectivity index (χ4v) is 2.86. The number of nitrogens with zero attached hydrogens (tertiary/aromatic N) is 3. The van der Waals surface area contributed by atoms with Gasteiger partial charge in [0, 0.05) is 25.2 Å². The molecule has 0 bridgehead atoms. The highest BCUT2D eigenvalue weighted by Gasteiger charge is 2.20. The second-order valence-corrected chi connectivity index (χ2v) is 6.84. The highest BCUT2D eigenvalue weighted by molar-refractivity contribution is 5.97. The molecule has 1 heterocycles. The number of likely N-dealkylation sites (N-methyl/N-ethyl adjacent to an activating group) is 2. The maximum atomic E-state index is 12.8. The van der Waals surface area contributed by atoms with Crippen molar-refractivity contribution < 1.29 is 14.3 Å². The van der Waals surface area contributed by atoms with Crippen LogP contribution in [-0.2, 0) is 11.2 Å². The molecule has 7 heteroatoms. The Hall–Kier alpha value is -2.38. The molecule has 1 aromatic heterocycles. The molecule has 2 N–H and O–H groups in total. The van der Waals surface area contributed by atoms with Crippen LogP contribution in [0.25, 0.3) is 10.9 Å². The molecule has 0 radical (unpaired) electrons. The van der Waals surface area contributed by atoms with Gasteiger partial charge in [-0.25, -0.2) is 0 Å². The summed E-state index contributed by atoms with van der Waals surface area (Å²) in [7, 11) is 7.24. The van der Waals surface area contributed by atoms with Gasteiger partial charge in [-0.3, -0.25) is 14.2 Å². The van der Waals surface area contributed by atoms with Crippen molar-refractivity contribution in [2.75, 3.05) is 41.3 Å². The van der Waals surface area contributed by atoms with Crippen molar-refractivity contribution >= 4 is 22.7 Å². The molecule has 0 spiro atoms. The SMILES string of the molecule is COc1ccc2c(c1)c(CCN(C)C)cn2C(=O)CN(C)C(=O)[C@H](C)N. The Morgan fingerprint density at radius 3 is 2.54 bits per heavy atom. The predicted octanol–water partition coefficient (Wildman–Crippen LogP) is 1.20. The second kappa shape index (κ2) is 8.33. The minimum atomic E-state index is -0.630. The van der Waals surface area contributed by atoms with Crippen LogP contribution in [-0.4, -0.2) is 73.6 Å². The predicted molar refractivity (Wildman–Crippen MR) is 103 cm³/mol. The van der Waals surface area contributed by atoms with Crippen LogP contribution in [0.2, 0.25) is 0 Å². The van der Waals surface area contributed by atoms with Gasteiger partial charge in [-0.15, -0.1) is 0 Å². The maximum absolute atomic E-state index is 12.8. The van der Waals surface area contributed by atoms with E-state index in [1.165, 1.54) is 4.90 Å². The molecule has 0 saturated heterocycles. The third-order valence-corrected chi connectivity index (χ3v) is 4.33. The lowest BCUT2D eigenvalue weighted by Crippen LogP contribution is -2.42. The lowest BCUT2D eigenvalue weighted by molar-refractivity contribution is -0.130. The van der Waals surface area contributed by atoms with Gasteiger partial charge in [0.05, 0.1) is 18.7 Å². The standard InChI is InChI=1S/C19H28N4O3/c1-13(20)19(25)22(4)12-18(24)23-11-14(8-9-21(2)3)16-10-15(26-5)6-7-17(16)23/h6-7,10-11,13H,8-9,12,20H2,1-5H3/t13-/m0/s1. The number of carbonyl (C=O) groups is 2. The van der Waals surface area contributed by atoms with E-state index in [2.05, 4.69) is 4.90 Å². The first kappa shape index (κ1) is 19.9. The van der Waals surface area contributed by atoms with Gasteiger partial charge in [0.25, 0.3) is 5.91 Å². The number of aromatic nitrogens is 1. The lowest BCUT2D eigenvalue weighted by atomic mass is 10.1. The van der Waals surface area contributed by atoms with Crippen molar-refractivity contribution in [2.45, 2.75) is 19.4 Å². The summed E-state index contributed by atoms with van der Waals surface area (Å²) >= 11 is 0. The van der Waals surface area contributed by atoms with Crippen molar-refractivity contribution in [2.24, 2.45) is 5.73 Å². The van der Waals surface area contributed by atoms with Crippen LogP contribution in [0.4, 0.5) is 0 Å². The number of amides is 1. The fraction of sp³-hybridized carbons (Fsp3) is 0.474. The normalized spacial score (nSPS) is 12.4. The molecule has 0 fully saturated rings. The Morgan fingerprint density at radius 1 is 1.27 bits per heavy atom. The molecule has 26 heavy (non-hydrogen) atoms. The van der Waals surface area contributed by atoms with Gasteiger partial charge in [-0.05, 0) is 51.2 Å². The van der Waals surface area contributed by atoms with Crippen LogP contribution in [0.15, 0.2) is 24.4 Å². The first-order valence-electron chi connectivity index (χ1n) is 8.61. The summed E-state index contributed by atoms with van der Waals surface area (Å²) in [5, 5.41) is 0.987. The van der Waals surface area contributed by atoms with E-state index in [1.54, 1.807) is 25.6 Å². The van der Waals surface area contributed by atoms with E-state index in [-0.39, 0.29) is 18.4 Å². The number of rotatable bonds is 7. The number of nitrogens with two attached hydrogens (primary N) is 1.